The van der Waals surface area contributed by atoms with Gasteiger partial charge in [-0.15, -0.1) is 0 Å². The maximum atomic E-state index is 6.45. The molecule has 4 rings (SSSR count). The summed E-state index contributed by atoms with van der Waals surface area (Å²) in [6.45, 7) is 0. The third-order valence-corrected chi connectivity index (χ3v) is 4.06. The summed E-state index contributed by atoms with van der Waals surface area (Å²) in [6, 6.07) is 12.9. The van der Waals surface area contributed by atoms with Crippen molar-refractivity contribution in [3.8, 4) is 0 Å². The monoisotopic (exact) mass is 278 g/mol. The van der Waals surface area contributed by atoms with Gasteiger partial charge in [-0.25, -0.2) is 4.98 Å². The lowest BCUT2D eigenvalue weighted by Crippen LogP contribution is -2.18. The number of aromatic nitrogens is 3. The fourth-order valence-corrected chi connectivity index (χ4v) is 2.91. The molecule has 0 aliphatic heterocycles. The molecule has 3 aromatic rings. The minimum absolute atomic E-state index is 0.0830. The van der Waals surface area contributed by atoms with Crippen LogP contribution in [0.1, 0.15) is 36.3 Å². The van der Waals surface area contributed by atoms with Crippen LogP contribution in [0.15, 0.2) is 48.8 Å². The topological polar surface area (TPSA) is 56.7 Å². The van der Waals surface area contributed by atoms with Crippen LogP contribution in [0, 0.1) is 0 Å². The molecule has 2 aromatic heterocycles. The average molecular weight is 278 g/mol. The number of nitrogens with zero attached hydrogens (tertiary/aromatic N) is 3. The van der Waals surface area contributed by atoms with E-state index in [0.29, 0.717) is 6.04 Å². The lowest BCUT2D eigenvalue weighted by molar-refractivity contribution is 0.602. The van der Waals surface area contributed by atoms with Crippen LogP contribution in [0.4, 0.5) is 0 Å². The Morgan fingerprint density at radius 1 is 1.19 bits per heavy atom. The van der Waals surface area contributed by atoms with E-state index >= 15 is 0 Å². The zero-order chi connectivity index (χ0) is 14.2. The molecule has 0 bridgehead atoms. The van der Waals surface area contributed by atoms with Crippen molar-refractivity contribution >= 4 is 11.0 Å². The fourth-order valence-electron chi connectivity index (χ4n) is 2.91. The molecule has 1 atom stereocenters. The van der Waals surface area contributed by atoms with Gasteiger partial charge < -0.3 is 10.3 Å². The largest absolute Gasteiger partial charge is 0.323 e. The van der Waals surface area contributed by atoms with Gasteiger partial charge in [0.05, 0.1) is 17.8 Å². The van der Waals surface area contributed by atoms with E-state index < -0.39 is 0 Å². The van der Waals surface area contributed by atoms with Gasteiger partial charge in [0.1, 0.15) is 11.3 Å². The lowest BCUT2D eigenvalue weighted by Gasteiger charge is -2.14. The second kappa shape index (κ2) is 4.97. The number of fused-ring (bicyclic) bond motifs is 1. The van der Waals surface area contributed by atoms with Crippen LogP contribution in [0.5, 0.6) is 0 Å². The highest BCUT2D eigenvalue weighted by molar-refractivity contribution is 5.75. The molecule has 4 nitrogen and oxygen atoms in total. The number of nitrogens with two attached hydrogens (primary N) is 1. The molecule has 2 heterocycles. The smallest absolute Gasteiger partial charge is 0.127 e. The van der Waals surface area contributed by atoms with Crippen molar-refractivity contribution in [3.05, 3.63) is 60.2 Å². The summed E-state index contributed by atoms with van der Waals surface area (Å²) in [7, 11) is 0. The molecule has 1 fully saturated rings. The number of benzene rings is 1. The third kappa shape index (κ3) is 2.32. The first-order chi connectivity index (χ1) is 10.3. The first kappa shape index (κ1) is 12.5. The molecule has 4 heteroatoms. The van der Waals surface area contributed by atoms with Gasteiger partial charge in [0.2, 0.25) is 0 Å². The van der Waals surface area contributed by atoms with Crippen molar-refractivity contribution in [2.45, 2.75) is 31.3 Å². The minimum Gasteiger partial charge on any atom is -0.323 e. The van der Waals surface area contributed by atoms with E-state index in [4.69, 9.17) is 10.7 Å². The second-order valence-electron chi connectivity index (χ2n) is 5.73. The Hall–Kier alpha value is -2.20. The Balaban J connectivity index is 1.73. The highest BCUT2D eigenvalue weighted by Crippen LogP contribution is 2.39. The van der Waals surface area contributed by atoms with E-state index in [9.17, 15) is 0 Å². The van der Waals surface area contributed by atoms with E-state index in [-0.39, 0.29) is 6.04 Å². The number of pyridine rings is 1. The number of hydrogen-bond acceptors (Lipinski definition) is 3. The van der Waals surface area contributed by atoms with Crippen molar-refractivity contribution in [3.63, 3.8) is 0 Å². The van der Waals surface area contributed by atoms with Crippen molar-refractivity contribution in [2.75, 3.05) is 0 Å². The molecule has 1 aromatic carbocycles. The summed E-state index contributed by atoms with van der Waals surface area (Å²) >= 11 is 0. The Morgan fingerprint density at radius 3 is 2.76 bits per heavy atom. The van der Waals surface area contributed by atoms with Gasteiger partial charge in [-0.2, -0.15) is 0 Å². The van der Waals surface area contributed by atoms with Crippen molar-refractivity contribution in [1.82, 2.24) is 14.5 Å². The van der Waals surface area contributed by atoms with Crippen LogP contribution >= 0.6 is 0 Å². The predicted molar refractivity (Wildman–Crippen MR) is 82.9 cm³/mol. The summed E-state index contributed by atoms with van der Waals surface area (Å²) in [5.41, 5.74) is 9.81. The summed E-state index contributed by atoms with van der Waals surface area (Å²) < 4.78 is 2.32. The normalized spacial score (nSPS) is 16.2. The molecule has 0 saturated heterocycles. The minimum atomic E-state index is -0.0830. The van der Waals surface area contributed by atoms with Gasteiger partial charge in [-0.1, -0.05) is 30.3 Å². The number of rotatable bonds is 4. The third-order valence-electron chi connectivity index (χ3n) is 4.06. The van der Waals surface area contributed by atoms with Crippen LogP contribution in [0.3, 0.4) is 0 Å². The molecular weight excluding hydrogens is 260 g/mol. The van der Waals surface area contributed by atoms with Crippen molar-refractivity contribution < 1.29 is 0 Å². The predicted octanol–water partition coefficient (Wildman–Crippen LogP) is 3.01. The quantitative estimate of drug-likeness (QED) is 0.798. The van der Waals surface area contributed by atoms with Crippen LogP contribution in [-0.2, 0) is 6.42 Å². The van der Waals surface area contributed by atoms with Crippen LogP contribution < -0.4 is 5.73 Å². The zero-order valence-corrected chi connectivity index (χ0v) is 11.8. The summed E-state index contributed by atoms with van der Waals surface area (Å²) in [6.07, 6.45) is 6.91. The Kier molecular flexibility index (Phi) is 2.97. The molecule has 0 amide bonds. The van der Waals surface area contributed by atoms with E-state index in [2.05, 4.69) is 33.8 Å². The van der Waals surface area contributed by atoms with E-state index in [1.54, 1.807) is 0 Å². The Labute approximate surface area is 123 Å². The molecule has 1 unspecified atom stereocenters. The summed E-state index contributed by atoms with van der Waals surface area (Å²) in [5, 5.41) is 0. The molecule has 2 N–H and O–H groups in total. The molecule has 0 radical (unpaired) electrons. The van der Waals surface area contributed by atoms with Gasteiger partial charge in [-0.3, -0.25) is 4.98 Å². The number of hydrogen-bond donors (Lipinski definition) is 1. The number of imidazole rings is 1. The first-order valence-electron chi connectivity index (χ1n) is 7.44. The molecule has 1 saturated carbocycles. The van der Waals surface area contributed by atoms with Gasteiger partial charge in [0.25, 0.3) is 0 Å². The maximum Gasteiger partial charge on any atom is 0.127 e. The summed E-state index contributed by atoms with van der Waals surface area (Å²) in [4.78, 5) is 8.92. The molecule has 1 aliphatic rings. The van der Waals surface area contributed by atoms with Crippen molar-refractivity contribution in [2.24, 2.45) is 5.73 Å². The molecular formula is C17H18N4. The highest BCUT2D eigenvalue weighted by Gasteiger charge is 2.30. The van der Waals surface area contributed by atoms with Gasteiger partial charge in [0, 0.05) is 12.2 Å². The van der Waals surface area contributed by atoms with E-state index in [0.717, 1.165) is 23.3 Å². The zero-order valence-electron chi connectivity index (χ0n) is 11.8. The van der Waals surface area contributed by atoms with Crippen LogP contribution in [0.25, 0.3) is 11.0 Å². The van der Waals surface area contributed by atoms with Gasteiger partial charge >= 0.3 is 0 Å². The van der Waals surface area contributed by atoms with E-state index in [1.165, 1.54) is 18.4 Å². The average Bonchev–Trinajstić information content (AvgIpc) is 3.28. The summed E-state index contributed by atoms with van der Waals surface area (Å²) in [5.74, 6) is 0.990. The molecule has 106 valence electrons. The molecule has 21 heavy (non-hydrogen) atoms. The van der Waals surface area contributed by atoms with E-state index in [1.807, 2.05) is 24.5 Å². The van der Waals surface area contributed by atoms with Crippen molar-refractivity contribution in [1.29, 1.82) is 0 Å². The van der Waals surface area contributed by atoms with Crippen LogP contribution in [0.2, 0.25) is 0 Å². The first-order valence-corrected chi connectivity index (χ1v) is 7.44. The molecule has 1 aliphatic carbocycles. The maximum absolute atomic E-state index is 6.45. The second-order valence-corrected chi connectivity index (χ2v) is 5.73. The molecule has 0 spiro atoms. The van der Waals surface area contributed by atoms with Gasteiger partial charge in [-0.05, 0) is 30.9 Å². The van der Waals surface area contributed by atoms with Crippen LogP contribution in [-0.4, -0.2) is 14.5 Å². The lowest BCUT2D eigenvalue weighted by atomic mass is 10.1. The Bertz CT molecular complexity index is 759. The van der Waals surface area contributed by atoms with Gasteiger partial charge in [0.15, 0.2) is 0 Å². The fraction of sp³-hybridized carbons (Fsp3) is 0.294. The standard InChI is InChI=1S/C17H18N4/c18-14(10-12-4-2-1-3-5-12)17-20-15-11-19-9-8-16(15)21(17)13-6-7-13/h1-5,8-9,11,13-14H,6-7,10,18H2. The Morgan fingerprint density at radius 2 is 2.00 bits per heavy atom. The highest BCUT2D eigenvalue weighted by atomic mass is 15.1. The SMILES string of the molecule is NC(Cc1ccccc1)c1nc2cnccc2n1C1CC1.